The van der Waals surface area contributed by atoms with E-state index in [0.717, 1.165) is 30.7 Å². The summed E-state index contributed by atoms with van der Waals surface area (Å²) < 4.78 is 41.8. The van der Waals surface area contributed by atoms with Crippen LogP contribution >= 0.6 is 22.9 Å². The van der Waals surface area contributed by atoms with Gasteiger partial charge in [0.2, 0.25) is 5.91 Å². The number of carbonyl (C=O) groups is 1. The quantitative estimate of drug-likeness (QED) is 0.202. The van der Waals surface area contributed by atoms with Gasteiger partial charge in [-0.05, 0) is 50.9 Å². The molecule has 7 rings (SSSR count). The van der Waals surface area contributed by atoms with Crippen molar-refractivity contribution in [1.29, 1.82) is 5.26 Å². The molecular formula is C35H37ClF2N8O3S. The highest BCUT2D eigenvalue weighted by Crippen LogP contribution is 2.45. The molecule has 0 saturated carbocycles. The summed E-state index contributed by atoms with van der Waals surface area (Å²) in [7, 11) is 1.60. The molecule has 1 aromatic carbocycles. The Bertz CT molecular complexity index is 2040. The molecule has 0 aliphatic carbocycles. The smallest absolute Gasteiger partial charge is 0.319 e. The molecule has 3 aliphatic heterocycles. The summed E-state index contributed by atoms with van der Waals surface area (Å²) in [5.74, 6) is -0.188. The van der Waals surface area contributed by atoms with Crippen LogP contribution < -0.4 is 15.4 Å². The van der Waals surface area contributed by atoms with Crippen molar-refractivity contribution in [2.75, 3.05) is 57.1 Å². The molecule has 2 N–H and O–H groups in total. The fraction of sp³-hybridized carbons (Fsp3) is 0.457. The Kier molecular flexibility index (Phi) is 9.27. The second-order valence-corrected chi connectivity index (χ2v) is 14.5. The SMILES string of the molecule is C=CC(=O)N1CCC(N(CC)c2nc(OCC34CCCN3CC(F)C4)nc3c(Cl)c(-c4ccc(F)c5sc(N)c(C#N)c45)ncc23)C1COC. The average molecular weight is 723 g/mol. The number of amides is 1. The van der Waals surface area contributed by atoms with Crippen LogP contribution in [-0.4, -0.2) is 101 Å². The molecule has 1 amide bonds. The summed E-state index contributed by atoms with van der Waals surface area (Å²) in [6.45, 7) is 8.38. The van der Waals surface area contributed by atoms with Crippen LogP contribution in [0.4, 0.5) is 19.6 Å². The van der Waals surface area contributed by atoms with Crippen LogP contribution in [0.15, 0.2) is 31.0 Å². The molecule has 0 spiro atoms. The van der Waals surface area contributed by atoms with Crippen molar-refractivity contribution in [3.63, 3.8) is 0 Å². The van der Waals surface area contributed by atoms with Crippen LogP contribution in [0.5, 0.6) is 6.01 Å². The number of nitrogens with zero attached hydrogens (tertiary/aromatic N) is 7. The van der Waals surface area contributed by atoms with Crippen LogP contribution in [0.1, 0.15) is 38.2 Å². The summed E-state index contributed by atoms with van der Waals surface area (Å²) in [4.78, 5) is 33.3. The molecule has 11 nitrogen and oxygen atoms in total. The van der Waals surface area contributed by atoms with Gasteiger partial charge in [-0.15, -0.1) is 11.3 Å². The lowest BCUT2D eigenvalue weighted by atomic mass is 9.95. The van der Waals surface area contributed by atoms with Crippen LogP contribution in [0.2, 0.25) is 5.02 Å². The Balaban J connectivity index is 1.38. The number of methoxy groups -OCH3 is 1. The molecular weight excluding hydrogens is 686 g/mol. The van der Waals surface area contributed by atoms with E-state index in [4.69, 9.17) is 41.8 Å². The summed E-state index contributed by atoms with van der Waals surface area (Å²) in [6, 6.07) is 4.51. The maximum atomic E-state index is 14.9. The minimum Gasteiger partial charge on any atom is -0.461 e. The molecule has 4 unspecified atom stereocenters. The summed E-state index contributed by atoms with van der Waals surface area (Å²) in [5.41, 5.74) is 6.89. The number of nitrogens with two attached hydrogens (primary N) is 1. The maximum absolute atomic E-state index is 14.9. The molecule has 15 heteroatoms. The van der Waals surface area contributed by atoms with Crippen molar-refractivity contribution in [1.82, 2.24) is 24.8 Å². The van der Waals surface area contributed by atoms with Gasteiger partial charge in [-0.3, -0.25) is 14.7 Å². The Morgan fingerprint density at radius 3 is 2.92 bits per heavy atom. The highest BCUT2D eigenvalue weighted by Gasteiger charge is 2.49. The van der Waals surface area contributed by atoms with E-state index in [1.165, 1.54) is 18.2 Å². The number of alkyl halides is 1. The Hall–Kier alpha value is -4.16. The minimum absolute atomic E-state index is 0.0654. The molecule has 4 aromatic rings. The molecule has 6 heterocycles. The predicted octanol–water partition coefficient (Wildman–Crippen LogP) is 5.74. The van der Waals surface area contributed by atoms with Gasteiger partial charge in [0.1, 0.15) is 41.0 Å². The number of hydrogen-bond donors (Lipinski definition) is 1. The fourth-order valence-corrected chi connectivity index (χ4v) is 9.39. The highest BCUT2D eigenvalue weighted by molar-refractivity contribution is 7.23. The lowest BCUT2D eigenvalue weighted by Crippen LogP contribution is -2.49. The number of pyridine rings is 1. The van der Waals surface area contributed by atoms with Crippen molar-refractivity contribution in [2.24, 2.45) is 0 Å². The van der Waals surface area contributed by atoms with E-state index in [9.17, 15) is 18.8 Å². The number of anilines is 2. The Morgan fingerprint density at radius 1 is 1.36 bits per heavy atom. The van der Waals surface area contributed by atoms with Gasteiger partial charge in [-0.25, -0.2) is 8.78 Å². The van der Waals surface area contributed by atoms with Crippen LogP contribution in [0, 0.1) is 17.1 Å². The first kappa shape index (κ1) is 34.3. The third-order valence-electron chi connectivity index (χ3n) is 10.4. The molecule has 0 bridgehead atoms. The number of halogens is 3. The minimum atomic E-state index is -0.927. The molecule has 4 atom stereocenters. The largest absolute Gasteiger partial charge is 0.461 e. The third-order valence-corrected chi connectivity index (χ3v) is 11.8. The zero-order valence-electron chi connectivity index (χ0n) is 27.8. The van der Waals surface area contributed by atoms with Gasteiger partial charge < -0.3 is 25.0 Å². The number of nitriles is 1. The van der Waals surface area contributed by atoms with Gasteiger partial charge in [0, 0.05) is 50.3 Å². The van der Waals surface area contributed by atoms with Gasteiger partial charge in [-0.2, -0.15) is 15.2 Å². The van der Waals surface area contributed by atoms with Gasteiger partial charge >= 0.3 is 6.01 Å². The summed E-state index contributed by atoms with van der Waals surface area (Å²) in [6.07, 6.45) is 4.78. The van der Waals surface area contributed by atoms with Crippen LogP contribution in [0.3, 0.4) is 0 Å². The monoisotopic (exact) mass is 722 g/mol. The van der Waals surface area contributed by atoms with Gasteiger partial charge in [0.25, 0.3) is 0 Å². The lowest BCUT2D eigenvalue weighted by Gasteiger charge is -2.35. The standard InChI is InChI=1S/C35H37ClF2N8O3S/c1-4-26(47)46-12-9-24(25(46)17-48-3)45(5-2)33-22-15-41-29(20-7-8-23(38)31-27(20)21(14-39)32(40)50-31)28(36)30(22)42-34(43-33)49-18-35-10-6-11-44(35)16-19(37)13-35/h4,7-8,15,19,24-25H,1,5-6,9-13,16-18,40H2,2-3H3. The molecule has 3 saturated heterocycles. The average Bonchev–Trinajstić information content (AvgIpc) is 3.86. The number of hydrogen-bond acceptors (Lipinski definition) is 11. The Labute approximate surface area is 297 Å². The number of likely N-dealkylation sites (N-methyl/N-ethyl adjacent to an activating group) is 1. The fourth-order valence-electron chi connectivity index (χ4n) is 8.14. The molecule has 50 heavy (non-hydrogen) atoms. The zero-order valence-corrected chi connectivity index (χ0v) is 29.4. The summed E-state index contributed by atoms with van der Waals surface area (Å²) in [5, 5.41) is 11.1. The van der Waals surface area contributed by atoms with Gasteiger partial charge in [0.15, 0.2) is 0 Å². The first-order valence-electron chi connectivity index (χ1n) is 16.6. The maximum Gasteiger partial charge on any atom is 0.319 e. The molecule has 3 fully saturated rings. The van der Waals surface area contributed by atoms with Crippen molar-refractivity contribution in [3.8, 4) is 23.3 Å². The van der Waals surface area contributed by atoms with Crippen LogP contribution in [-0.2, 0) is 9.53 Å². The number of rotatable bonds is 10. The second kappa shape index (κ2) is 13.5. The molecule has 0 radical (unpaired) electrons. The molecule has 262 valence electrons. The number of benzene rings is 1. The van der Waals surface area contributed by atoms with E-state index in [1.807, 2.05) is 6.92 Å². The van der Waals surface area contributed by atoms with Gasteiger partial charge in [-0.1, -0.05) is 18.2 Å². The number of fused-ring (bicyclic) bond motifs is 3. The van der Waals surface area contributed by atoms with E-state index < -0.39 is 17.5 Å². The van der Waals surface area contributed by atoms with E-state index in [0.29, 0.717) is 66.8 Å². The zero-order chi connectivity index (χ0) is 35.3. The number of likely N-dealkylation sites (tertiary alicyclic amines) is 1. The van der Waals surface area contributed by atoms with Crippen molar-refractivity contribution in [3.05, 3.63) is 47.4 Å². The number of ether oxygens (including phenoxy) is 2. The van der Waals surface area contributed by atoms with Crippen molar-refractivity contribution >= 4 is 60.7 Å². The van der Waals surface area contributed by atoms with E-state index >= 15 is 0 Å². The highest BCUT2D eigenvalue weighted by atomic mass is 35.5. The number of aromatic nitrogens is 3. The van der Waals surface area contributed by atoms with Crippen molar-refractivity contribution in [2.45, 2.75) is 56.4 Å². The van der Waals surface area contributed by atoms with E-state index in [1.54, 1.807) is 18.2 Å². The normalized spacial score (nSPS) is 23.4. The number of nitrogen functional groups attached to an aromatic ring is 1. The molecule has 3 aliphatic rings. The number of carbonyl (C=O) groups excluding carboxylic acids is 1. The van der Waals surface area contributed by atoms with Crippen LogP contribution in [0.25, 0.3) is 32.2 Å². The topological polar surface area (TPSA) is 134 Å². The Morgan fingerprint density at radius 2 is 2.18 bits per heavy atom. The molecule has 3 aromatic heterocycles. The second-order valence-electron chi connectivity index (χ2n) is 13.0. The first-order valence-corrected chi connectivity index (χ1v) is 17.8. The first-order chi connectivity index (χ1) is 24.1. The van der Waals surface area contributed by atoms with Crippen molar-refractivity contribution < 1.29 is 23.0 Å². The van der Waals surface area contributed by atoms with Gasteiger partial charge in [0.05, 0.1) is 50.6 Å². The summed E-state index contributed by atoms with van der Waals surface area (Å²) >= 11 is 8.18. The lowest BCUT2D eigenvalue weighted by molar-refractivity contribution is -0.127. The third kappa shape index (κ3) is 5.60. The number of thiophene rings is 1. The predicted molar refractivity (Wildman–Crippen MR) is 190 cm³/mol. The van der Waals surface area contributed by atoms with E-state index in [-0.39, 0.29) is 56.6 Å². The van der Waals surface area contributed by atoms with E-state index in [2.05, 4.69) is 22.4 Å².